The summed E-state index contributed by atoms with van der Waals surface area (Å²) in [7, 11) is 1.70. The number of methoxy groups -OCH3 is 1. The number of piperazine rings is 1. The van der Waals surface area contributed by atoms with Gasteiger partial charge in [0.1, 0.15) is 5.75 Å². The second kappa shape index (κ2) is 7.04. The van der Waals surface area contributed by atoms with Gasteiger partial charge in [0.25, 0.3) is 0 Å². The fourth-order valence-electron chi connectivity index (χ4n) is 3.70. The number of anilines is 1. The van der Waals surface area contributed by atoms with E-state index in [2.05, 4.69) is 15.9 Å². The number of ketones is 1. The van der Waals surface area contributed by atoms with Crippen molar-refractivity contribution in [3.8, 4) is 5.75 Å². The van der Waals surface area contributed by atoms with E-state index in [1.165, 1.54) is 0 Å². The molecule has 0 aromatic heterocycles. The van der Waals surface area contributed by atoms with E-state index in [9.17, 15) is 4.79 Å². The van der Waals surface area contributed by atoms with Crippen LogP contribution in [0.15, 0.2) is 54.2 Å². The summed E-state index contributed by atoms with van der Waals surface area (Å²) in [6.45, 7) is 3.54. The number of allylic oxidation sites excluding steroid dienone is 1. The zero-order valence-corrected chi connectivity index (χ0v) is 15.5. The van der Waals surface area contributed by atoms with Crippen molar-refractivity contribution in [2.45, 2.75) is 6.42 Å². The number of fused-ring (bicyclic) bond motifs is 1. The Balaban J connectivity index is 1.46. The zero-order chi connectivity index (χ0) is 18.1. The Labute approximate surface area is 158 Å². The lowest BCUT2D eigenvalue weighted by Crippen LogP contribution is -2.44. The molecule has 0 radical (unpaired) electrons. The minimum atomic E-state index is 0.106. The molecule has 1 fully saturated rings. The molecule has 2 aliphatic rings. The molecule has 0 amide bonds. The van der Waals surface area contributed by atoms with Crippen LogP contribution in [0.25, 0.3) is 0 Å². The van der Waals surface area contributed by atoms with Crippen molar-refractivity contribution in [3.05, 3.63) is 70.4 Å². The first-order valence-corrected chi connectivity index (χ1v) is 9.20. The van der Waals surface area contributed by atoms with Gasteiger partial charge < -0.3 is 14.5 Å². The highest BCUT2D eigenvalue weighted by Crippen LogP contribution is 2.32. The van der Waals surface area contributed by atoms with E-state index in [0.29, 0.717) is 11.4 Å². The van der Waals surface area contributed by atoms with Gasteiger partial charge in [-0.1, -0.05) is 35.9 Å². The normalized spacial score (nSPS) is 18.4. The van der Waals surface area contributed by atoms with Crippen LogP contribution in [0.3, 0.4) is 0 Å². The second-order valence-electron chi connectivity index (χ2n) is 6.62. The largest absolute Gasteiger partial charge is 0.495 e. The van der Waals surface area contributed by atoms with E-state index < -0.39 is 0 Å². The fourth-order valence-corrected chi connectivity index (χ4v) is 3.94. The van der Waals surface area contributed by atoms with E-state index >= 15 is 0 Å². The predicted molar refractivity (Wildman–Crippen MR) is 104 cm³/mol. The van der Waals surface area contributed by atoms with Crippen molar-refractivity contribution in [2.75, 3.05) is 38.2 Å². The van der Waals surface area contributed by atoms with Crippen LogP contribution in [-0.2, 0) is 6.42 Å². The van der Waals surface area contributed by atoms with Crippen LogP contribution in [-0.4, -0.2) is 44.0 Å². The van der Waals surface area contributed by atoms with Crippen molar-refractivity contribution in [2.24, 2.45) is 0 Å². The molecule has 1 heterocycles. The monoisotopic (exact) mass is 368 g/mol. The van der Waals surface area contributed by atoms with Gasteiger partial charge in [0.2, 0.25) is 0 Å². The molecule has 0 unspecified atom stereocenters. The fraction of sp³-hybridized carbons (Fsp3) is 0.286. The van der Waals surface area contributed by atoms with Crippen molar-refractivity contribution in [1.29, 1.82) is 0 Å². The molecule has 2 aromatic carbocycles. The van der Waals surface area contributed by atoms with Crippen LogP contribution in [0, 0.1) is 0 Å². The van der Waals surface area contributed by atoms with E-state index in [1.807, 2.05) is 42.6 Å². The Hall–Kier alpha value is -2.46. The molecule has 4 rings (SSSR count). The van der Waals surface area contributed by atoms with Gasteiger partial charge in [0.05, 0.1) is 12.8 Å². The summed E-state index contributed by atoms with van der Waals surface area (Å²) in [4.78, 5) is 17.2. The quantitative estimate of drug-likeness (QED) is 0.771. The van der Waals surface area contributed by atoms with E-state index in [-0.39, 0.29) is 5.78 Å². The first kappa shape index (κ1) is 17.0. The summed E-state index contributed by atoms with van der Waals surface area (Å²) in [6, 6.07) is 13.6. The topological polar surface area (TPSA) is 32.8 Å². The number of carbonyl (C=O) groups is 1. The summed E-state index contributed by atoms with van der Waals surface area (Å²) < 4.78 is 5.47. The molecule has 2 aromatic rings. The lowest BCUT2D eigenvalue weighted by atomic mass is 10.1. The first-order valence-electron chi connectivity index (χ1n) is 8.82. The van der Waals surface area contributed by atoms with E-state index in [4.69, 9.17) is 16.3 Å². The highest BCUT2D eigenvalue weighted by Gasteiger charge is 2.27. The summed E-state index contributed by atoms with van der Waals surface area (Å²) in [5.74, 6) is 1.00. The molecule has 0 bridgehead atoms. The van der Waals surface area contributed by atoms with Crippen LogP contribution in [0.4, 0.5) is 5.69 Å². The number of hydrogen-bond donors (Lipinski definition) is 0. The van der Waals surface area contributed by atoms with Crippen LogP contribution in [0.1, 0.15) is 15.9 Å². The van der Waals surface area contributed by atoms with Gasteiger partial charge >= 0.3 is 0 Å². The number of para-hydroxylation sites is 2. The Morgan fingerprint density at radius 3 is 2.54 bits per heavy atom. The van der Waals surface area contributed by atoms with Gasteiger partial charge in [0.15, 0.2) is 5.78 Å². The minimum absolute atomic E-state index is 0.106. The Bertz CT molecular complexity index is 870. The standard InChI is InChI=1S/C21H21ClN2O2/c1-26-20-8-3-2-7-19(20)24-11-9-23(10-12-24)14-15-13-17-16(21(15)25)5-4-6-18(17)22/h2-8,14H,9-13H2,1H3. The molecule has 0 atom stereocenters. The van der Waals surface area contributed by atoms with Crippen LogP contribution in [0.2, 0.25) is 5.02 Å². The van der Waals surface area contributed by atoms with Gasteiger partial charge in [-0.2, -0.15) is 0 Å². The maximum absolute atomic E-state index is 12.6. The van der Waals surface area contributed by atoms with Gasteiger partial charge in [-0.3, -0.25) is 4.79 Å². The highest BCUT2D eigenvalue weighted by atomic mass is 35.5. The Kier molecular flexibility index (Phi) is 4.60. The number of halogens is 1. The molecule has 0 spiro atoms. The van der Waals surface area contributed by atoms with Crippen molar-refractivity contribution < 1.29 is 9.53 Å². The Morgan fingerprint density at radius 1 is 1.04 bits per heavy atom. The van der Waals surface area contributed by atoms with Crippen LogP contribution < -0.4 is 9.64 Å². The molecule has 1 saturated heterocycles. The van der Waals surface area contributed by atoms with Crippen LogP contribution in [0.5, 0.6) is 5.75 Å². The number of Topliss-reactive ketones (excluding diaryl/α,β-unsaturated/α-hetero) is 1. The van der Waals surface area contributed by atoms with Crippen molar-refractivity contribution in [3.63, 3.8) is 0 Å². The summed E-state index contributed by atoms with van der Waals surface area (Å²) in [6.07, 6.45) is 2.65. The van der Waals surface area contributed by atoms with Crippen LogP contribution >= 0.6 is 11.6 Å². The SMILES string of the molecule is COc1ccccc1N1CCN(C=C2Cc3c(Cl)cccc3C2=O)CC1. The lowest BCUT2D eigenvalue weighted by molar-refractivity contribution is 0.103. The number of benzene rings is 2. The van der Waals surface area contributed by atoms with Crippen molar-refractivity contribution in [1.82, 2.24) is 4.90 Å². The maximum atomic E-state index is 12.6. The molecule has 4 nitrogen and oxygen atoms in total. The average molecular weight is 369 g/mol. The molecule has 1 aliphatic carbocycles. The summed E-state index contributed by atoms with van der Waals surface area (Å²) in [5, 5.41) is 0.681. The number of hydrogen-bond acceptors (Lipinski definition) is 4. The Morgan fingerprint density at radius 2 is 1.81 bits per heavy atom. The highest BCUT2D eigenvalue weighted by molar-refractivity contribution is 6.32. The number of carbonyl (C=O) groups excluding carboxylic acids is 1. The molecule has 1 aliphatic heterocycles. The third kappa shape index (κ3) is 3.06. The third-order valence-electron chi connectivity index (χ3n) is 5.10. The number of ether oxygens (including phenoxy) is 1. The van der Waals surface area contributed by atoms with E-state index in [0.717, 1.165) is 54.3 Å². The number of rotatable bonds is 3. The van der Waals surface area contributed by atoms with Crippen molar-refractivity contribution >= 4 is 23.1 Å². The first-order chi connectivity index (χ1) is 12.7. The number of nitrogens with zero attached hydrogens (tertiary/aromatic N) is 2. The summed E-state index contributed by atoms with van der Waals surface area (Å²) >= 11 is 6.25. The molecule has 0 N–H and O–H groups in total. The van der Waals surface area contributed by atoms with E-state index in [1.54, 1.807) is 7.11 Å². The minimum Gasteiger partial charge on any atom is -0.495 e. The third-order valence-corrected chi connectivity index (χ3v) is 5.45. The predicted octanol–water partition coefficient (Wildman–Crippen LogP) is 3.79. The molecule has 5 heteroatoms. The smallest absolute Gasteiger partial charge is 0.191 e. The lowest BCUT2D eigenvalue weighted by Gasteiger charge is -2.36. The van der Waals surface area contributed by atoms with Gasteiger partial charge in [0, 0.05) is 55.0 Å². The molecular weight excluding hydrogens is 348 g/mol. The average Bonchev–Trinajstić information content (AvgIpc) is 3.00. The molecule has 26 heavy (non-hydrogen) atoms. The molecular formula is C21H21ClN2O2. The summed E-state index contributed by atoms with van der Waals surface area (Å²) in [5.41, 5.74) is 3.66. The second-order valence-corrected chi connectivity index (χ2v) is 7.03. The maximum Gasteiger partial charge on any atom is 0.191 e. The molecule has 0 saturated carbocycles. The molecule has 134 valence electrons. The zero-order valence-electron chi connectivity index (χ0n) is 14.7. The van der Waals surface area contributed by atoms with Gasteiger partial charge in [-0.25, -0.2) is 0 Å². The van der Waals surface area contributed by atoms with Gasteiger partial charge in [-0.15, -0.1) is 0 Å². The van der Waals surface area contributed by atoms with Gasteiger partial charge in [-0.05, 0) is 23.8 Å².